The minimum Gasteiger partial charge on any atom is -0.464 e. The summed E-state index contributed by atoms with van der Waals surface area (Å²) in [6, 6.07) is 15.2. The Morgan fingerprint density at radius 2 is 1.51 bits per heavy atom. The van der Waals surface area contributed by atoms with Crippen LogP contribution in [-0.2, 0) is 25.4 Å². The van der Waals surface area contributed by atoms with Crippen LogP contribution in [0.5, 0.6) is 11.5 Å². The molecule has 2 aromatic carbocycles. The van der Waals surface area contributed by atoms with E-state index in [4.69, 9.17) is 23.7 Å². The van der Waals surface area contributed by atoms with E-state index in [-0.39, 0.29) is 20.2 Å². The van der Waals surface area contributed by atoms with E-state index in [0.717, 1.165) is 5.56 Å². The molecule has 1 heterocycles. The average Bonchev–Trinajstić information content (AvgIpc) is 2.98. The lowest BCUT2D eigenvalue weighted by atomic mass is 9.85. The largest absolute Gasteiger partial charge is 0.464 e. The summed E-state index contributed by atoms with van der Waals surface area (Å²) in [4.78, 5) is 13.4. The first-order valence-electron chi connectivity index (χ1n) is 11.5. The van der Waals surface area contributed by atoms with E-state index in [1.165, 1.54) is 19.3 Å². The van der Waals surface area contributed by atoms with Crippen LogP contribution in [0, 0.1) is 0 Å². The van der Waals surface area contributed by atoms with E-state index in [2.05, 4.69) is 0 Å². The number of ether oxygens (including phenoxy) is 5. The Labute approximate surface area is 207 Å². The molecule has 8 heteroatoms. The second kappa shape index (κ2) is 11.2. The van der Waals surface area contributed by atoms with E-state index >= 15 is 0 Å². The summed E-state index contributed by atoms with van der Waals surface area (Å²) in [6.07, 6.45) is 0.600. The Bertz CT molecular complexity index is 1050. The molecule has 190 valence electrons. The van der Waals surface area contributed by atoms with Crippen molar-refractivity contribution in [2.75, 3.05) is 34.4 Å². The number of rotatable bonds is 11. The molecule has 1 N–H and O–H groups in total. The van der Waals surface area contributed by atoms with Crippen LogP contribution in [0.1, 0.15) is 38.8 Å². The van der Waals surface area contributed by atoms with Crippen LogP contribution in [-0.4, -0.2) is 61.7 Å². The van der Waals surface area contributed by atoms with Gasteiger partial charge in [-0.05, 0) is 56.5 Å². The van der Waals surface area contributed by atoms with Crippen molar-refractivity contribution in [2.45, 2.75) is 45.2 Å². The van der Waals surface area contributed by atoms with Crippen LogP contribution < -0.4 is 9.47 Å². The number of nitrogens with zero attached hydrogens (tertiary/aromatic N) is 1. The van der Waals surface area contributed by atoms with Gasteiger partial charge in [0.2, 0.25) is 0 Å². The molecule has 1 aliphatic rings. The molecule has 0 radical (unpaired) electrons. The van der Waals surface area contributed by atoms with Gasteiger partial charge in [0.1, 0.15) is 0 Å². The van der Waals surface area contributed by atoms with Gasteiger partial charge in [-0.2, -0.15) is 5.06 Å². The van der Waals surface area contributed by atoms with Crippen molar-refractivity contribution < 1.29 is 33.7 Å². The Kier molecular flexibility index (Phi) is 8.56. The first-order chi connectivity index (χ1) is 16.6. The molecule has 0 unspecified atom stereocenters. The zero-order valence-corrected chi connectivity index (χ0v) is 21.3. The maximum absolute atomic E-state index is 13.4. The molecular formula is C27H35NO7. The Morgan fingerprint density at radius 3 is 2.14 bits per heavy atom. The second-order valence-corrected chi connectivity index (χ2v) is 9.31. The van der Waals surface area contributed by atoms with Gasteiger partial charge >= 0.3 is 5.97 Å². The normalized spacial score (nSPS) is 16.9. The van der Waals surface area contributed by atoms with Crippen molar-refractivity contribution >= 4 is 11.5 Å². The van der Waals surface area contributed by atoms with Crippen LogP contribution in [0.25, 0.3) is 5.57 Å². The van der Waals surface area contributed by atoms with Crippen molar-refractivity contribution in [3.63, 3.8) is 0 Å². The SMILES string of the molecule is COCOc1ccc(C2=C(C(=O)OCCc3ccccc3)C(C)(C)N(O)C2(C)C)cc1OCOC. The molecule has 0 aromatic heterocycles. The lowest BCUT2D eigenvalue weighted by Gasteiger charge is -2.36. The van der Waals surface area contributed by atoms with Crippen molar-refractivity contribution in [3.8, 4) is 11.5 Å². The summed E-state index contributed by atoms with van der Waals surface area (Å²) in [7, 11) is 3.06. The van der Waals surface area contributed by atoms with Crippen LogP contribution in [0.3, 0.4) is 0 Å². The molecule has 0 atom stereocenters. The van der Waals surface area contributed by atoms with Crippen molar-refractivity contribution in [1.29, 1.82) is 0 Å². The number of hydroxylamine groups is 2. The number of esters is 1. The van der Waals surface area contributed by atoms with Gasteiger partial charge < -0.3 is 28.9 Å². The number of methoxy groups -OCH3 is 2. The monoisotopic (exact) mass is 485 g/mol. The van der Waals surface area contributed by atoms with Gasteiger partial charge in [-0.3, -0.25) is 0 Å². The van der Waals surface area contributed by atoms with Gasteiger partial charge in [0.05, 0.1) is 23.3 Å². The third-order valence-corrected chi connectivity index (χ3v) is 6.10. The summed E-state index contributed by atoms with van der Waals surface area (Å²) in [5.41, 5.74) is 0.949. The van der Waals surface area contributed by atoms with E-state index in [1.807, 2.05) is 50.2 Å². The molecular weight excluding hydrogens is 450 g/mol. The van der Waals surface area contributed by atoms with Crippen LogP contribution in [0.2, 0.25) is 0 Å². The zero-order valence-electron chi connectivity index (χ0n) is 21.3. The quantitative estimate of drug-likeness (QED) is 0.369. The molecule has 3 rings (SSSR count). The number of carbonyl (C=O) groups excluding carboxylic acids is 1. The van der Waals surface area contributed by atoms with E-state index in [9.17, 15) is 10.0 Å². The van der Waals surface area contributed by atoms with E-state index < -0.39 is 17.0 Å². The fourth-order valence-corrected chi connectivity index (χ4v) is 4.49. The lowest BCUT2D eigenvalue weighted by molar-refractivity contribution is -0.186. The van der Waals surface area contributed by atoms with Crippen LogP contribution >= 0.6 is 0 Å². The number of hydrogen-bond donors (Lipinski definition) is 1. The standard InChI is InChI=1S/C27H35NO7/c1-26(2)23(20-12-13-21(34-17-31-5)22(16-20)35-18-32-6)24(27(3,4)28(26)30)25(29)33-15-14-19-10-8-7-9-11-19/h7-13,16,30H,14-15,17-18H2,1-6H3. The second-order valence-electron chi connectivity index (χ2n) is 9.31. The van der Waals surface area contributed by atoms with E-state index in [1.54, 1.807) is 26.0 Å². The number of carbonyl (C=O) groups is 1. The highest BCUT2D eigenvalue weighted by atomic mass is 16.7. The fraction of sp³-hybridized carbons (Fsp3) is 0.444. The Balaban J connectivity index is 2.00. The highest BCUT2D eigenvalue weighted by Gasteiger charge is 2.54. The minimum absolute atomic E-state index is 0.0151. The third-order valence-electron chi connectivity index (χ3n) is 6.10. The summed E-state index contributed by atoms with van der Waals surface area (Å²) < 4.78 is 27.1. The molecule has 0 fully saturated rings. The molecule has 8 nitrogen and oxygen atoms in total. The molecule has 0 spiro atoms. The lowest BCUT2D eigenvalue weighted by Crippen LogP contribution is -2.49. The first-order valence-corrected chi connectivity index (χ1v) is 11.5. The van der Waals surface area contributed by atoms with Crippen molar-refractivity contribution in [2.24, 2.45) is 0 Å². The number of hydrogen-bond acceptors (Lipinski definition) is 8. The zero-order chi connectivity index (χ0) is 25.6. The maximum atomic E-state index is 13.4. The van der Waals surface area contributed by atoms with Crippen LogP contribution in [0.15, 0.2) is 54.1 Å². The molecule has 0 saturated heterocycles. The molecule has 0 aliphatic carbocycles. The average molecular weight is 486 g/mol. The molecule has 1 aliphatic heterocycles. The van der Waals surface area contributed by atoms with Gasteiger partial charge in [-0.25, -0.2) is 4.79 Å². The van der Waals surface area contributed by atoms with Gasteiger partial charge in [-0.1, -0.05) is 36.4 Å². The molecule has 0 saturated carbocycles. The highest BCUT2D eigenvalue weighted by Crippen LogP contribution is 2.50. The summed E-state index contributed by atoms with van der Waals surface area (Å²) in [5.74, 6) is 0.427. The molecule has 35 heavy (non-hydrogen) atoms. The summed E-state index contributed by atoms with van der Waals surface area (Å²) >= 11 is 0. The summed E-state index contributed by atoms with van der Waals surface area (Å²) in [6.45, 7) is 7.61. The predicted molar refractivity (Wildman–Crippen MR) is 131 cm³/mol. The number of benzene rings is 2. The Hall–Kier alpha value is -2.91. The topological polar surface area (TPSA) is 86.7 Å². The fourth-order valence-electron chi connectivity index (χ4n) is 4.49. The predicted octanol–water partition coefficient (Wildman–Crippen LogP) is 4.45. The van der Waals surface area contributed by atoms with Crippen molar-refractivity contribution in [3.05, 3.63) is 65.2 Å². The van der Waals surface area contributed by atoms with Gasteiger partial charge in [0.25, 0.3) is 0 Å². The highest BCUT2D eigenvalue weighted by molar-refractivity contribution is 6.03. The van der Waals surface area contributed by atoms with Gasteiger partial charge in [-0.15, -0.1) is 0 Å². The molecule has 0 amide bonds. The van der Waals surface area contributed by atoms with Gasteiger partial charge in [0, 0.05) is 20.6 Å². The maximum Gasteiger partial charge on any atom is 0.336 e. The van der Waals surface area contributed by atoms with Crippen molar-refractivity contribution in [1.82, 2.24) is 5.06 Å². The molecule has 2 aromatic rings. The molecule has 0 bridgehead atoms. The smallest absolute Gasteiger partial charge is 0.336 e. The third kappa shape index (κ3) is 5.67. The van der Waals surface area contributed by atoms with E-state index in [0.29, 0.717) is 34.6 Å². The Morgan fingerprint density at radius 1 is 0.886 bits per heavy atom. The summed E-state index contributed by atoms with van der Waals surface area (Å²) in [5, 5.41) is 12.3. The minimum atomic E-state index is -0.985. The van der Waals surface area contributed by atoms with Crippen LogP contribution in [0.4, 0.5) is 0 Å². The first kappa shape index (κ1) is 26.7. The van der Waals surface area contributed by atoms with Gasteiger partial charge in [0.15, 0.2) is 25.1 Å².